The van der Waals surface area contributed by atoms with Crippen LogP contribution in [0.15, 0.2) is 97.6 Å². The van der Waals surface area contributed by atoms with E-state index in [0.29, 0.717) is 19.8 Å². The molecule has 0 amide bonds. The summed E-state index contributed by atoms with van der Waals surface area (Å²) in [6, 6.07) is 26.6. The van der Waals surface area contributed by atoms with Crippen LogP contribution < -0.4 is 9.47 Å². The van der Waals surface area contributed by atoms with Gasteiger partial charge >= 0.3 is 0 Å². The van der Waals surface area contributed by atoms with Gasteiger partial charge in [0, 0.05) is 18.8 Å². The Morgan fingerprint density at radius 3 is 2.40 bits per heavy atom. The lowest BCUT2D eigenvalue weighted by molar-refractivity contribution is -0.184. The van der Waals surface area contributed by atoms with Crippen LogP contribution in [-0.2, 0) is 22.4 Å². The molecule has 1 aliphatic heterocycles. The molecule has 0 spiro atoms. The summed E-state index contributed by atoms with van der Waals surface area (Å²) < 4.78 is 26.1. The minimum Gasteiger partial charge on any atom is -0.497 e. The Hall–Kier alpha value is -3.61. The number of imidazole rings is 1. The number of aromatic nitrogens is 2. The van der Waals surface area contributed by atoms with Gasteiger partial charge in [-0.3, -0.25) is 0 Å². The van der Waals surface area contributed by atoms with E-state index < -0.39 is 5.79 Å². The Morgan fingerprint density at radius 1 is 0.943 bits per heavy atom. The van der Waals surface area contributed by atoms with Gasteiger partial charge in [-0.25, -0.2) is 4.98 Å². The molecule has 6 heteroatoms. The van der Waals surface area contributed by atoms with Crippen molar-refractivity contribution in [2.75, 3.05) is 20.3 Å². The molecule has 3 aromatic carbocycles. The van der Waals surface area contributed by atoms with Crippen LogP contribution in [-0.4, -0.2) is 41.8 Å². The van der Waals surface area contributed by atoms with Crippen molar-refractivity contribution in [2.24, 2.45) is 0 Å². The Bertz CT molecular complexity index is 1180. The normalized spacial score (nSPS) is 19.5. The maximum atomic E-state index is 6.48. The molecule has 1 fully saturated rings. The smallest absolute Gasteiger partial charge is 0.187 e. The van der Waals surface area contributed by atoms with Gasteiger partial charge in [0.25, 0.3) is 0 Å². The van der Waals surface area contributed by atoms with Gasteiger partial charge in [-0.2, -0.15) is 0 Å². The summed E-state index contributed by atoms with van der Waals surface area (Å²) in [5, 5.41) is 0. The number of rotatable bonds is 10. The topological polar surface area (TPSA) is 54.7 Å². The van der Waals surface area contributed by atoms with Crippen LogP contribution in [0.4, 0.5) is 0 Å². The first-order valence-electron chi connectivity index (χ1n) is 11.9. The van der Waals surface area contributed by atoms with Gasteiger partial charge in [-0.1, -0.05) is 54.6 Å². The summed E-state index contributed by atoms with van der Waals surface area (Å²) in [4.78, 5) is 4.17. The molecule has 1 aliphatic rings. The summed E-state index contributed by atoms with van der Waals surface area (Å²) in [5.74, 6) is 0.939. The van der Waals surface area contributed by atoms with Crippen LogP contribution >= 0.6 is 0 Å². The molecule has 1 aromatic heterocycles. The van der Waals surface area contributed by atoms with Crippen molar-refractivity contribution in [1.29, 1.82) is 0 Å². The van der Waals surface area contributed by atoms with Crippen molar-refractivity contribution < 1.29 is 18.9 Å². The second-order valence-corrected chi connectivity index (χ2v) is 8.75. The highest BCUT2D eigenvalue weighted by Crippen LogP contribution is 2.32. The van der Waals surface area contributed by atoms with E-state index in [1.807, 2.05) is 53.2 Å². The van der Waals surface area contributed by atoms with E-state index in [1.54, 1.807) is 19.6 Å². The molecule has 0 N–H and O–H groups in total. The van der Waals surface area contributed by atoms with Crippen molar-refractivity contribution >= 4 is 0 Å². The van der Waals surface area contributed by atoms with Gasteiger partial charge in [0.2, 0.25) is 0 Å². The Morgan fingerprint density at radius 2 is 1.69 bits per heavy atom. The fourth-order valence-corrected chi connectivity index (χ4v) is 4.34. The molecule has 0 saturated carbocycles. The van der Waals surface area contributed by atoms with Crippen molar-refractivity contribution in [3.63, 3.8) is 0 Å². The molecule has 2 unspecified atom stereocenters. The lowest BCUT2D eigenvalue weighted by Crippen LogP contribution is -2.37. The largest absolute Gasteiger partial charge is 0.497 e. The number of aryl methyl sites for hydroxylation is 1. The van der Waals surface area contributed by atoms with Crippen LogP contribution in [0.25, 0.3) is 11.1 Å². The fraction of sp³-hybridized carbons (Fsp3) is 0.276. The molecule has 5 rings (SSSR count). The summed E-state index contributed by atoms with van der Waals surface area (Å²) in [6.07, 6.45) is 6.89. The summed E-state index contributed by atoms with van der Waals surface area (Å²) in [6.45, 7) is 1.49. The van der Waals surface area contributed by atoms with Crippen LogP contribution in [0.5, 0.6) is 11.5 Å². The average Bonchev–Trinajstić information content (AvgIpc) is 3.58. The van der Waals surface area contributed by atoms with Gasteiger partial charge in [-0.15, -0.1) is 0 Å². The van der Waals surface area contributed by atoms with E-state index in [1.165, 1.54) is 11.1 Å². The van der Waals surface area contributed by atoms with E-state index >= 15 is 0 Å². The van der Waals surface area contributed by atoms with Crippen LogP contribution in [0.2, 0.25) is 0 Å². The van der Waals surface area contributed by atoms with Crippen molar-refractivity contribution in [3.05, 3.63) is 103 Å². The third-order valence-electron chi connectivity index (χ3n) is 6.25. The molecule has 0 aliphatic carbocycles. The summed E-state index contributed by atoms with van der Waals surface area (Å²) in [7, 11) is 1.68. The van der Waals surface area contributed by atoms with Crippen LogP contribution in [0.1, 0.15) is 12.0 Å². The maximum absolute atomic E-state index is 6.48. The molecule has 4 aromatic rings. The molecular formula is C29H30N2O4. The highest BCUT2D eigenvalue weighted by molar-refractivity contribution is 5.63. The zero-order valence-electron chi connectivity index (χ0n) is 19.9. The predicted molar refractivity (Wildman–Crippen MR) is 134 cm³/mol. The fourth-order valence-electron chi connectivity index (χ4n) is 4.34. The van der Waals surface area contributed by atoms with Crippen LogP contribution in [0.3, 0.4) is 0 Å². The number of hydrogen-bond donors (Lipinski definition) is 0. The number of methoxy groups -OCH3 is 1. The molecule has 180 valence electrons. The van der Waals surface area contributed by atoms with Gasteiger partial charge in [0.05, 0.1) is 26.6 Å². The van der Waals surface area contributed by atoms with Gasteiger partial charge < -0.3 is 23.5 Å². The van der Waals surface area contributed by atoms with Gasteiger partial charge in [0.15, 0.2) is 5.79 Å². The first-order chi connectivity index (χ1) is 17.2. The van der Waals surface area contributed by atoms with E-state index in [2.05, 4.69) is 41.4 Å². The number of ether oxygens (including phenoxy) is 4. The lowest BCUT2D eigenvalue weighted by atomic mass is 10.0. The van der Waals surface area contributed by atoms with Crippen molar-refractivity contribution in [2.45, 2.75) is 31.3 Å². The number of hydrogen-bond acceptors (Lipinski definition) is 5. The van der Waals surface area contributed by atoms with Crippen LogP contribution in [0, 0.1) is 0 Å². The molecule has 6 nitrogen and oxygen atoms in total. The highest BCUT2D eigenvalue weighted by Gasteiger charge is 2.42. The Labute approximate surface area is 206 Å². The third-order valence-corrected chi connectivity index (χ3v) is 6.25. The highest BCUT2D eigenvalue weighted by atomic mass is 16.8. The van der Waals surface area contributed by atoms with Crippen molar-refractivity contribution in [1.82, 2.24) is 9.55 Å². The second kappa shape index (κ2) is 10.8. The maximum Gasteiger partial charge on any atom is 0.187 e. The van der Waals surface area contributed by atoms with E-state index in [-0.39, 0.29) is 6.10 Å². The van der Waals surface area contributed by atoms with Gasteiger partial charge in [0.1, 0.15) is 24.2 Å². The number of nitrogens with zero attached hydrogens (tertiary/aromatic N) is 2. The summed E-state index contributed by atoms with van der Waals surface area (Å²) >= 11 is 0. The number of benzene rings is 3. The Balaban J connectivity index is 1.20. The molecule has 0 radical (unpaired) electrons. The predicted octanol–water partition coefficient (Wildman–Crippen LogP) is 5.38. The van der Waals surface area contributed by atoms with E-state index in [4.69, 9.17) is 18.9 Å². The summed E-state index contributed by atoms with van der Waals surface area (Å²) in [5.41, 5.74) is 3.56. The van der Waals surface area contributed by atoms with E-state index in [0.717, 1.165) is 29.9 Å². The second-order valence-electron chi connectivity index (χ2n) is 8.75. The minimum absolute atomic E-state index is 0.150. The first kappa shape index (κ1) is 23.1. The molecule has 2 atom stereocenters. The lowest BCUT2D eigenvalue weighted by Gasteiger charge is -2.28. The van der Waals surface area contributed by atoms with E-state index in [9.17, 15) is 0 Å². The zero-order chi connectivity index (χ0) is 23.9. The zero-order valence-corrected chi connectivity index (χ0v) is 19.9. The quantitative estimate of drug-likeness (QED) is 0.311. The SMILES string of the molecule is COc1ccc(CCC2(Cn3ccnc3)OCC(COc3ccc(-c4ccccc4)cc3)O2)cc1. The van der Waals surface area contributed by atoms with Crippen molar-refractivity contribution in [3.8, 4) is 22.6 Å². The molecular weight excluding hydrogens is 440 g/mol. The monoisotopic (exact) mass is 470 g/mol. The molecule has 2 heterocycles. The first-order valence-corrected chi connectivity index (χ1v) is 11.9. The minimum atomic E-state index is -0.730. The molecule has 1 saturated heterocycles. The Kier molecular flexibility index (Phi) is 7.12. The average molecular weight is 471 g/mol. The molecule has 0 bridgehead atoms. The standard InChI is InChI=1S/C29H30N2O4/c1-32-26-11-7-23(8-12-26)15-16-29(21-31-18-17-30-22-31)34-20-28(35-29)19-33-27-13-9-25(10-14-27)24-5-3-2-4-6-24/h2-14,17-18,22,28H,15-16,19-21H2,1H3. The third kappa shape index (κ3) is 5.91. The molecule has 35 heavy (non-hydrogen) atoms. The van der Waals surface area contributed by atoms with Gasteiger partial charge in [-0.05, 0) is 47.4 Å².